The van der Waals surface area contributed by atoms with Crippen molar-refractivity contribution in [2.75, 3.05) is 21.3 Å². The van der Waals surface area contributed by atoms with Gasteiger partial charge in [-0.15, -0.1) is 0 Å². The van der Waals surface area contributed by atoms with Crippen LogP contribution in [-0.4, -0.2) is 41.9 Å². The summed E-state index contributed by atoms with van der Waals surface area (Å²) < 4.78 is 12.2. The first-order chi connectivity index (χ1) is 10.1. The van der Waals surface area contributed by atoms with E-state index in [9.17, 15) is 4.79 Å². The van der Waals surface area contributed by atoms with Gasteiger partial charge in [0.1, 0.15) is 17.1 Å². The minimum Gasteiger partial charge on any atom is -0.496 e. The van der Waals surface area contributed by atoms with Gasteiger partial charge in [0.05, 0.1) is 26.5 Å². The van der Waals surface area contributed by atoms with Crippen LogP contribution in [0.4, 0.5) is 0 Å². The largest absolute Gasteiger partial charge is 0.496 e. The van der Waals surface area contributed by atoms with Crippen molar-refractivity contribution in [3.63, 3.8) is 0 Å². The van der Waals surface area contributed by atoms with Crippen LogP contribution in [0.2, 0.25) is 0 Å². The lowest BCUT2D eigenvalue weighted by Gasteiger charge is -2.19. The number of amides is 1. The van der Waals surface area contributed by atoms with E-state index in [-0.39, 0.29) is 5.91 Å². The summed E-state index contributed by atoms with van der Waals surface area (Å²) in [6, 6.07) is 7.14. The van der Waals surface area contributed by atoms with E-state index in [1.165, 1.54) is 14.2 Å². The quantitative estimate of drug-likeness (QED) is 0.841. The SMILES string of the molecule is COc1cccc(OC)c1C(=O)N(C)Cc1ccn(C)n1. The summed E-state index contributed by atoms with van der Waals surface area (Å²) in [6.07, 6.45) is 1.84. The second kappa shape index (κ2) is 6.30. The van der Waals surface area contributed by atoms with E-state index >= 15 is 0 Å². The van der Waals surface area contributed by atoms with Gasteiger partial charge in [-0.25, -0.2) is 0 Å². The second-order valence-electron chi connectivity index (χ2n) is 4.68. The van der Waals surface area contributed by atoms with Crippen molar-refractivity contribution in [2.45, 2.75) is 6.54 Å². The average Bonchev–Trinajstić information content (AvgIpc) is 2.90. The number of carbonyl (C=O) groups excluding carboxylic acids is 1. The third kappa shape index (κ3) is 3.16. The summed E-state index contributed by atoms with van der Waals surface area (Å²) in [5.74, 6) is 0.814. The predicted octanol–water partition coefficient (Wildman–Crippen LogP) is 1.71. The molecule has 0 saturated heterocycles. The maximum Gasteiger partial charge on any atom is 0.261 e. The van der Waals surface area contributed by atoms with Gasteiger partial charge in [-0.05, 0) is 18.2 Å². The van der Waals surface area contributed by atoms with Crippen LogP contribution in [0.3, 0.4) is 0 Å². The number of hydrogen-bond acceptors (Lipinski definition) is 4. The van der Waals surface area contributed by atoms with Crippen molar-refractivity contribution in [1.82, 2.24) is 14.7 Å². The van der Waals surface area contributed by atoms with Gasteiger partial charge in [0.25, 0.3) is 5.91 Å². The zero-order valence-corrected chi connectivity index (χ0v) is 12.7. The van der Waals surface area contributed by atoms with Crippen molar-refractivity contribution < 1.29 is 14.3 Å². The topological polar surface area (TPSA) is 56.6 Å². The third-order valence-electron chi connectivity index (χ3n) is 3.16. The monoisotopic (exact) mass is 289 g/mol. The van der Waals surface area contributed by atoms with E-state index in [4.69, 9.17) is 9.47 Å². The number of nitrogens with zero attached hydrogens (tertiary/aromatic N) is 3. The van der Waals surface area contributed by atoms with E-state index in [1.54, 1.807) is 34.8 Å². The van der Waals surface area contributed by atoms with Crippen LogP contribution in [0.5, 0.6) is 11.5 Å². The van der Waals surface area contributed by atoms with Crippen molar-refractivity contribution >= 4 is 5.91 Å². The summed E-state index contributed by atoms with van der Waals surface area (Å²) in [7, 11) is 6.63. The maximum atomic E-state index is 12.6. The minimum absolute atomic E-state index is 0.171. The van der Waals surface area contributed by atoms with Gasteiger partial charge < -0.3 is 14.4 Å². The van der Waals surface area contributed by atoms with Crippen molar-refractivity contribution in [3.8, 4) is 11.5 Å². The minimum atomic E-state index is -0.171. The molecule has 21 heavy (non-hydrogen) atoms. The fourth-order valence-corrected chi connectivity index (χ4v) is 2.12. The molecule has 0 bridgehead atoms. The number of rotatable bonds is 5. The molecule has 1 heterocycles. The Morgan fingerprint density at radius 3 is 2.33 bits per heavy atom. The van der Waals surface area contributed by atoms with Crippen LogP contribution >= 0.6 is 0 Å². The Labute approximate surface area is 123 Å². The van der Waals surface area contributed by atoms with Crippen molar-refractivity contribution in [3.05, 3.63) is 41.7 Å². The molecule has 2 aromatic rings. The molecule has 0 radical (unpaired) electrons. The van der Waals surface area contributed by atoms with Crippen LogP contribution in [0, 0.1) is 0 Å². The molecule has 1 amide bonds. The fraction of sp³-hybridized carbons (Fsp3) is 0.333. The highest BCUT2D eigenvalue weighted by Gasteiger charge is 2.22. The van der Waals surface area contributed by atoms with Crippen molar-refractivity contribution in [1.29, 1.82) is 0 Å². The Balaban J connectivity index is 2.26. The number of aryl methyl sites for hydroxylation is 1. The molecule has 2 rings (SSSR count). The van der Waals surface area contributed by atoms with Gasteiger partial charge in [0, 0.05) is 20.3 Å². The van der Waals surface area contributed by atoms with E-state index in [1.807, 2.05) is 19.3 Å². The molecule has 0 unspecified atom stereocenters. The number of methoxy groups -OCH3 is 2. The van der Waals surface area contributed by atoms with E-state index < -0.39 is 0 Å². The Hall–Kier alpha value is -2.50. The highest BCUT2D eigenvalue weighted by molar-refractivity contribution is 5.99. The molecular weight excluding hydrogens is 270 g/mol. The fourth-order valence-electron chi connectivity index (χ4n) is 2.12. The molecule has 0 aliphatic heterocycles. The van der Waals surface area contributed by atoms with Gasteiger partial charge in [-0.1, -0.05) is 6.07 Å². The summed E-state index contributed by atoms with van der Waals surface area (Å²) in [4.78, 5) is 14.2. The first-order valence-electron chi connectivity index (χ1n) is 6.51. The molecule has 6 heteroatoms. The van der Waals surface area contributed by atoms with Crippen LogP contribution < -0.4 is 9.47 Å². The average molecular weight is 289 g/mol. The normalized spacial score (nSPS) is 10.3. The molecule has 0 saturated carbocycles. The summed E-state index contributed by atoms with van der Waals surface area (Å²) in [5, 5.41) is 4.27. The first kappa shape index (κ1) is 14.9. The van der Waals surface area contributed by atoms with Gasteiger partial charge in [-0.2, -0.15) is 5.10 Å². The predicted molar refractivity (Wildman–Crippen MR) is 78.6 cm³/mol. The number of ether oxygens (including phenoxy) is 2. The highest BCUT2D eigenvalue weighted by Crippen LogP contribution is 2.29. The van der Waals surface area contributed by atoms with E-state index in [0.29, 0.717) is 23.6 Å². The highest BCUT2D eigenvalue weighted by atomic mass is 16.5. The Morgan fingerprint density at radius 2 is 1.86 bits per heavy atom. The van der Waals surface area contributed by atoms with Crippen molar-refractivity contribution in [2.24, 2.45) is 7.05 Å². The number of carbonyl (C=O) groups is 1. The van der Waals surface area contributed by atoms with Crippen LogP contribution in [-0.2, 0) is 13.6 Å². The molecule has 0 aliphatic rings. The number of aromatic nitrogens is 2. The molecule has 1 aromatic carbocycles. The number of benzene rings is 1. The zero-order chi connectivity index (χ0) is 15.4. The van der Waals surface area contributed by atoms with Gasteiger partial charge in [-0.3, -0.25) is 9.48 Å². The Kier molecular flexibility index (Phi) is 4.47. The molecule has 0 N–H and O–H groups in total. The lowest BCUT2D eigenvalue weighted by molar-refractivity contribution is 0.0776. The zero-order valence-electron chi connectivity index (χ0n) is 12.7. The molecule has 0 atom stereocenters. The molecule has 112 valence electrons. The van der Waals surface area contributed by atoms with Gasteiger partial charge in [0.15, 0.2) is 0 Å². The van der Waals surface area contributed by atoms with Crippen LogP contribution in [0.15, 0.2) is 30.5 Å². The Morgan fingerprint density at radius 1 is 1.24 bits per heavy atom. The first-order valence-corrected chi connectivity index (χ1v) is 6.51. The molecule has 0 aliphatic carbocycles. The summed E-state index contributed by atoms with van der Waals surface area (Å²) >= 11 is 0. The third-order valence-corrected chi connectivity index (χ3v) is 3.16. The lowest BCUT2D eigenvalue weighted by atomic mass is 10.1. The van der Waals surface area contributed by atoms with Crippen LogP contribution in [0.25, 0.3) is 0 Å². The molecule has 1 aromatic heterocycles. The Bertz CT molecular complexity index is 615. The van der Waals surface area contributed by atoms with Crippen LogP contribution in [0.1, 0.15) is 16.1 Å². The van der Waals surface area contributed by atoms with Gasteiger partial charge in [0.2, 0.25) is 0 Å². The summed E-state index contributed by atoms with van der Waals surface area (Å²) in [5.41, 5.74) is 1.24. The maximum absolute atomic E-state index is 12.6. The molecular formula is C15H19N3O3. The number of hydrogen-bond donors (Lipinski definition) is 0. The van der Waals surface area contributed by atoms with Gasteiger partial charge >= 0.3 is 0 Å². The summed E-state index contributed by atoms with van der Waals surface area (Å²) in [6.45, 7) is 0.418. The smallest absolute Gasteiger partial charge is 0.261 e. The molecule has 6 nitrogen and oxygen atoms in total. The second-order valence-corrected chi connectivity index (χ2v) is 4.68. The lowest BCUT2D eigenvalue weighted by Crippen LogP contribution is -2.27. The van der Waals surface area contributed by atoms with E-state index in [0.717, 1.165) is 5.69 Å². The molecule has 0 spiro atoms. The standard InChI is InChI=1S/C15H19N3O3/c1-17(10-11-8-9-18(2)16-11)15(19)14-12(20-3)6-5-7-13(14)21-4/h5-9H,10H2,1-4H3. The van der Waals surface area contributed by atoms with E-state index in [2.05, 4.69) is 5.10 Å². The molecule has 0 fully saturated rings.